The Hall–Kier alpha value is -6.40. The average Bonchev–Trinajstić information content (AvgIpc) is 4.21. The van der Waals surface area contributed by atoms with Crippen LogP contribution < -0.4 is 53.6 Å². The quantitative estimate of drug-likeness (QED) is 0.0450. The Morgan fingerprint density at radius 3 is 1.43 bits per heavy atom. The van der Waals surface area contributed by atoms with Crippen LogP contribution in [0.3, 0.4) is 0 Å². The van der Waals surface area contributed by atoms with Crippen LogP contribution in [0.5, 0.6) is 0 Å². The predicted octanol–water partition coefficient (Wildman–Crippen LogP) is 0.434. The van der Waals surface area contributed by atoms with Crippen LogP contribution in [0.4, 0.5) is 0 Å². The Bertz CT molecular complexity index is 2320. The molecule has 0 aromatic heterocycles. The third kappa shape index (κ3) is 20.8. The summed E-state index contributed by atoms with van der Waals surface area (Å²) >= 11 is 0. The van der Waals surface area contributed by atoms with Gasteiger partial charge < -0.3 is 68.5 Å². The summed E-state index contributed by atoms with van der Waals surface area (Å²) in [5, 5.41) is 34.2. The van der Waals surface area contributed by atoms with Gasteiger partial charge in [0.15, 0.2) is 0 Å². The molecule has 0 aromatic rings. The fourth-order valence-electron chi connectivity index (χ4n) is 10.1. The maximum absolute atomic E-state index is 14.5. The monoisotopic (exact) mass is 1160 g/mol. The van der Waals surface area contributed by atoms with Gasteiger partial charge in [-0.3, -0.25) is 57.5 Å². The van der Waals surface area contributed by atoms with Crippen molar-refractivity contribution in [3.05, 3.63) is 0 Å². The van der Waals surface area contributed by atoms with Crippen LogP contribution in [0.25, 0.3) is 0 Å². The van der Waals surface area contributed by atoms with Crippen molar-refractivity contribution in [2.24, 2.45) is 29.4 Å². The molecule has 0 aromatic carbocycles. The van der Waals surface area contributed by atoms with Gasteiger partial charge >= 0.3 is 0 Å². The van der Waals surface area contributed by atoms with Crippen LogP contribution in [0.2, 0.25) is 0 Å². The van der Waals surface area contributed by atoms with Crippen molar-refractivity contribution >= 4 is 70.9 Å². The van der Waals surface area contributed by atoms with E-state index in [1.165, 1.54) is 65.2 Å². The molecule has 9 atom stereocenters. The van der Waals surface area contributed by atoms with Gasteiger partial charge in [0, 0.05) is 20.0 Å². The molecular formula is C57H100N12O13. The number of amides is 12. The molecule has 0 bridgehead atoms. The van der Waals surface area contributed by atoms with E-state index in [1.807, 2.05) is 27.7 Å². The lowest BCUT2D eigenvalue weighted by molar-refractivity contribution is -0.146. The normalized spacial score (nSPS) is 18.6. The summed E-state index contributed by atoms with van der Waals surface area (Å²) in [6.45, 7) is 28.0. The van der Waals surface area contributed by atoms with Crippen molar-refractivity contribution in [2.45, 2.75) is 246 Å². The summed E-state index contributed by atoms with van der Waals surface area (Å²) < 4.78 is 0. The van der Waals surface area contributed by atoms with E-state index >= 15 is 0 Å². The molecule has 2 aliphatic heterocycles. The highest BCUT2D eigenvalue weighted by atomic mass is 16.3. The lowest BCUT2D eigenvalue weighted by atomic mass is 9.94. The number of nitrogens with zero attached hydrogens (tertiary/aromatic N) is 2. The third-order valence-electron chi connectivity index (χ3n) is 15.0. The van der Waals surface area contributed by atoms with Gasteiger partial charge in [0.25, 0.3) is 0 Å². The van der Waals surface area contributed by atoms with Crippen molar-refractivity contribution in [1.82, 2.24) is 57.7 Å². The number of primary amides is 1. The molecule has 82 heavy (non-hydrogen) atoms. The lowest BCUT2D eigenvalue weighted by Gasteiger charge is -2.37. The molecule has 0 saturated carbocycles. The van der Waals surface area contributed by atoms with Crippen LogP contribution in [-0.2, 0) is 57.5 Å². The summed E-state index contributed by atoms with van der Waals surface area (Å²) in [5.74, 6) is -8.83. The Labute approximate surface area is 485 Å². The van der Waals surface area contributed by atoms with Crippen LogP contribution >= 0.6 is 0 Å². The summed E-state index contributed by atoms with van der Waals surface area (Å²) in [5.41, 5.74) is -0.847. The summed E-state index contributed by atoms with van der Waals surface area (Å²) in [4.78, 5) is 167. The molecule has 466 valence electrons. The molecule has 0 spiro atoms. The van der Waals surface area contributed by atoms with E-state index in [0.29, 0.717) is 32.1 Å². The molecule has 12 N–H and O–H groups in total. The van der Waals surface area contributed by atoms with E-state index in [4.69, 9.17) is 5.73 Å². The maximum Gasteiger partial charge on any atom is 0.248 e. The highest BCUT2D eigenvalue weighted by Gasteiger charge is 2.47. The van der Waals surface area contributed by atoms with Crippen LogP contribution in [0.1, 0.15) is 182 Å². The molecule has 2 rings (SSSR count). The SMILES string of the molecule is CC[C@H](C)[C@H](NC(=O)[C@H](CC(C)C)NC(=O)[C@H](CC(N)=O)NC(=O)C(C)(C)NC(C)=O)C(=O)NC(C)(C)C(=O)N1CCC[C@H]1C(=O)N[C@@](C)(CC)C(=O)N[C@@H](CC(C)C)C(=O)NC(C)(C)C(=O)N1CCC[C@H]1C(=O)N[C@H](CO)CC(C)C. The zero-order valence-electron chi connectivity index (χ0n) is 51.9. The first-order valence-corrected chi connectivity index (χ1v) is 29.1. The standard InChI is InChI=1S/C57H100N12O13/c1-18-34(9)43(63-45(74)37(27-32(5)6)60-44(73)39(29-42(58)72)61-50(79)54(11,12)64-35(10)71)49(78)66-56(15,16)53(82)69-25-21-23-41(69)48(77)67-57(17,19-2)51(80)62-38(28-33(7)8)46(75)65-55(13,14)52(81)68-24-20-22-40(68)47(76)59-36(30-70)26-31(3)4/h31-34,36-41,43,70H,18-30H2,1-17H3,(H2,58,72)(H,59,76)(H,60,73)(H,61,79)(H,62,80)(H,63,74)(H,64,71)(H,65,75)(H,66,78)(H,67,77)/t34-,36-,37-,38-,39-,40-,41-,43-,57-/m0/s1. The van der Waals surface area contributed by atoms with Crippen molar-refractivity contribution in [2.75, 3.05) is 19.7 Å². The van der Waals surface area contributed by atoms with E-state index in [2.05, 4.69) is 47.9 Å². The topological polar surface area (TPSA) is 366 Å². The number of hydrogen-bond acceptors (Lipinski definition) is 13. The first-order chi connectivity index (χ1) is 37.8. The van der Waals surface area contributed by atoms with Crippen LogP contribution in [0, 0.1) is 23.7 Å². The van der Waals surface area contributed by atoms with Gasteiger partial charge in [-0.1, -0.05) is 68.7 Å². The second-order valence-corrected chi connectivity index (χ2v) is 25.5. The number of nitrogens with two attached hydrogens (primary N) is 1. The Kier molecular flexibility index (Phi) is 26.9. The lowest BCUT2D eigenvalue weighted by Crippen LogP contribution is -2.66. The van der Waals surface area contributed by atoms with E-state index in [-0.39, 0.29) is 69.0 Å². The summed E-state index contributed by atoms with van der Waals surface area (Å²) in [7, 11) is 0. The van der Waals surface area contributed by atoms with Crippen molar-refractivity contribution in [3.8, 4) is 0 Å². The summed E-state index contributed by atoms with van der Waals surface area (Å²) in [6.07, 6.45) is 2.16. The molecule has 2 saturated heterocycles. The molecule has 2 aliphatic rings. The fourth-order valence-corrected chi connectivity index (χ4v) is 10.1. The number of carbonyl (C=O) groups is 12. The maximum atomic E-state index is 14.5. The second kappa shape index (κ2) is 30.8. The highest BCUT2D eigenvalue weighted by molar-refractivity contribution is 6.01. The molecular weight excluding hydrogens is 1060 g/mol. The van der Waals surface area contributed by atoms with Gasteiger partial charge in [-0.25, -0.2) is 0 Å². The third-order valence-corrected chi connectivity index (χ3v) is 15.0. The van der Waals surface area contributed by atoms with Crippen molar-refractivity contribution in [3.63, 3.8) is 0 Å². The van der Waals surface area contributed by atoms with Gasteiger partial charge in [-0.2, -0.15) is 0 Å². The number of carbonyl (C=O) groups excluding carboxylic acids is 12. The number of nitrogens with one attached hydrogen (secondary N) is 9. The summed E-state index contributed by atoms with van der Waals surface area (Å²) in [6, 6.07) is -7.59. The molecule has 0 radical (unpaired) electrons. The van der Waals surface area contributed by atoms with E-state index in [9.17, 15) is 62.6 Å². The average molecular weight is 1160 g/mol. The van der Waals surface area contributed by atoms with E-state index in [1.54, 1.807) is 34.6 Å². The van der Waals surface area contributed by atoms with Gasteiger partial charge in [-0.05, 0) is 124 Å². The Morgan fingerprint density at radius 2 is 0.988 bits per heavy atom. The van der Waals surface area contributed by atoms with E-state index < -0.39 is 142 Å². The number of aliphatic hydroxyl groups excluding tert-OH is 1. The number of rotatable bonds is 31. The minimum absolute atomic E-state index is 0.0620. The number of aliphatic hydroxyl groups is 1. The number of hydrogen-bond donors (Lipinski definition) is 11. The Balaban J connectivity index is 2.29. The largest absolute Gasteiger partial charge is 0.394 e. The van der Waals surface area contributed by atoms with Gasteiger partial charge in [0.05, 0.1) is 19.1 Å². The minimum atomic E-state index is -1.66. The van der Waals surface area contributed by atoms with Crippen LogP contribution in [-0.4, -0.2) is 170 Å². The first kappa shape index (κ1) is 71.7. The second-order valence-electron chi connectivity index (χ2n) is 25.5. The zero-order chi connectivity index (χ0) is 63.0. The van der Waals surface area contributed by atoms with Crippen molar-refractivity contribution in [1.29, 1.82) is 0 Å². The highest BCUT2D eigenvalue weighted by Crippen LogP contribution is 2.26. The molecule has 25 heteroatoms. The molecule has 12 amide bonds. The smallest absolute Gasteiger partial charge is 0.248 e. The van der Waals surface area contributed by atoms with E-state index in [0.717, 1.165) is 0 Å². The molecule has 2 heterocycles. The minimum Gasteiger partial charge on any atom is -0.394 e. The molecule has 0 aliphatic carbocycles. The molecule has 25 nitrogen and oxygen atoms in total. The zero-order valence-corrected chi connectivity index (χ0v) is 51.9. The predicted molar refractivity (Wildman–Crippen MR) is 307 cm³/mol. The number of likely N-dealkylation sites (tertiary alicyclic amines) is 2. The molecule has 0 unspecified atom stereocenters. The van der Waals surface area contributed by atoms with Gasteiger partial charge in [-0.15, -0.1) is 0 Å². The van der Waals surface area contributed by atoms with Gasteiger partial charge in [0.1, 0.15) is 58.4 Å². The fraction of sp³-hybridized carbons (Fsp3) is 0.789. The van der Waals surface area contributed by atoms with Gasteiger partial charge in [0.2, 0.25) is 70.9 Å². The molecule has 2 fully saturated rings. The first-order valence-electron chi connectivity index (χ1n) is 29.1. The van der Waals surface area contributed by atoms with Crippen molar-refractivity contribution < 1.29 is 62.6 Å². The Morgan fingerprint density at radius 1 is 0.537 bits per heavy atom. The van der Waals surface area contributed by atoms with Crippen LogP contribution in [0.15, 0.2) is 0 Å².